The Morgan fingerprint density at radius 2 is 2.00 bits per heavy atom. The molecule has 0 radical (unpaired) electrons. The number of benzene rings is 1. The van der Waals surface area contributed by atoms with Crippen molar-refractivity contribution in [3.63, 3.8) is 0 Å². The molecular formula is C15H16F3N3O. The number of carbonyl (C=O) groups is 1. The van der Waals surface area contributed by atoms with E-state index in [-0.39, 0.29) is 5.91 Å². The molecular weight excluding hydrogens is 295 g/mol. The summed E-state index contributed by atoms with van der Waals surface area (Å²) in [5.41, 5.74) is 0.0626. The first kappa shape index (κ1) is 16.1. The summed E-state index contributed by atoms with van der Waals surface area (Å²) in [5.74, 6) is -0.185. The van der Waals surface area contributed by atoms with Crippen molar-refractivity contribution in [2.45, 2.75) is 25.6 Å². The van der Waals surface area contributed by atoms with E-state index in [4.69, 9.17) is 0 Å². The lowest BCUT2D eigenvalue weighted by molar-refractivity contribution is -0.137. The first-order valence-corrected chi connectivity index (χ1v) is 6.81. The molecule has 2 aromatic rings. The maximum atomic E-state index is 12.4. The molecule has 22 heavy (non-hydrogen) atoms. The molecule has 118 valence electrons. The van der Waals surface area contributed by atoms with Gasteiger partial charge in [0, 0.05) is 18.9 Å². The molecule has 0 aliphatic carbocycles. The number of halogens is 3. The topological polar surface area (TPSA) is 46.9 Å². The molecule has 0 aliphatic rings. The van der Waals surface area contributed by atoms with Crippen molar-refractivity contribution >= 4 is 5.91 Å². The van der Waals surface area contributed by atoms with E-state index in [1.165, 1.54) is 16.8 Å². The second-order valence-corrected chi connectivity index (χ2v) is 4.90. The molecule has 7 heteroatoms. The van der Waals surface area contributed by atoms with Crippen molar-refractivity contribution in [2.24, 2.45) is 0 Å². The van der Waals surface area contributed by atoms with Gasteiger partial charge in [0.25, 0.3) is 0 Å². The minimum atomic E-state index is -4.33. The molecule has 1 unspecified atom stereocenters. The molecule has 2 rings (SSSR count). The molecule has 1 atom stereocenters. The highest BCUT2D eigenvalue weighted by atomic mass is 19.4. The van der Waals surface area contributed by atoms with E-state index in [0.717, 1.165) is 17.7 Å². The smallest absolute Gasteiger partial charge is 0.354 e. The van der Waals surface area contributed by atoms with Crippen molar-refractivity contribution in [2.75, 3.05) is 6.54 Å². The van der Waals surface area contributed by atoms with Gasteiger partial charge in [-0.05, 0) is 37.1 Å². The number of carbonyl (C=O) groups excluding carboxylic acids is 1. The van der Waals surface area contributed by atoms with Gasteiger partial charge in [-0.2, -0.15) is 18.3 Å². The number of aromatic nitrogens is 2. The standard InChI is InChI=1S/C15H16F3N3O/c1-11(21-10-2-8-20-21)14(22)19-9-7-12-3-5-13(6-4-12)15(16,17)18/h2-6,8,10-11H,7,9H2,1H3,(H,19,22). The van der Waals surface area contributed by atoms with Gasteiger partial charge in [0.2, 0.25) is 5.91 Å². The molecule has 0 aliphatic heterocycles. The quantitative estimate of drug-likeness (QED) is 0.923. The Balaban J connectivity index is 1.82. The van der Waals surface area contributed by atoms with Crippen LogP contribution in [0.3, 0.4) is 0 Å². The zero-order valence-corrected chi connectivity index (χ0v) is 12.0. The summed E-state index contributed by atoms with van der Waals surface area (Å²) in [6.07, 6.45) is -0.576. The SMILES string of the molecule is CC(C(=O)NCCc1ccc(C(F)(F)F)cc1)n1cccn1. The van der Waals surface area contributed by atoms with Gasteiger partial charge in [-0.3, -0.25) is 9.48 Å². The highest BCUT2D eigenvalue weighted by Crippen LogP contribution is 2.29. The van der Waals surface area contributed by atoms with Crippen LogP contribution < -0.4 is 5.32 Å². The van der Waals surface area contributed by atoms with Crippen LogP contribution in [-0.2, 0) is 17.4 Å². The third-order valence-electron chi connectivity index (χ3n) is 3.30. The fraction of sp³-hybridized carbons (Fsp3) is 0.333. The number of hydrogen-bond acceptors (Lipinski definition) is 2. The molecule has 1 aromatic carbocycles. The lowest BCUT2D eigenvalue weighted by Gasteiger charge is -2.13. The van der Waals surface area contributed by atoms with Crippen molar-refractivity contribution in [1.82, 2.24) is 15.1 Å². The summed E-state index contributed by atoms with van der Waals surface area (Å²) in [4.78, 5) is 11.9. The Bertz CT molecular complexity index is 606. The minimum Gasteiger partial charge on any atom is -0.354 e. The fourth-order valence-corrected chi connectivity index (χ4v) is 1.97. The number of nitrogens with zero attached hydrogens (tertiary/aromatic N) is 2. The first-order chi connectivity index (χ1) is 10.4. The fourth-order valence-electron chi connectivity index (χ4n) is 1.97. The van der Waals surface area contributed by atoms with E-state index in [1.54, 1.807) is 25.4 Å². The molecule has 4 nitrogen and oxygen atoms in total. The molecule has 1 aromatic heterocycles. The number of hydrogen-bond donors (Lipinski definition) is 1. The Hall–Kier alpha value is -2.31. The highest BCUT2D eigenvalue weighted by Gasteiger charge is 2.29. The van der Waals surface area contributed by atoms with E-state index >= 15 is 0 Å². The second kappa shape index (κ2) is 6.64. The summed E-state index contributed by atoms with van der Waals surface area (Å²) in [6.45, 7) is 2.08. The van der Waals surface area contributed by atoms with Crippen LogP contribution in [0, 0.1) is 0 Å². The van der Waals surface area contributed by atoms with Crippen molar-refractivity contribution in [3.05, 3.63) is 53.9 Å². The van der Waals surface area contributed by atoms with Gasteiger partial charge in [0.1, 0.15) is 6.04 Å². The van der Waals surface area contributed by atoms with Crippen LogP contribution in [0.2, 0.25) is 0 Å². The van der Waals surface area contributed by atoms with Crippen LogP contribution in [0.15, 0.2) is 42.7 Å². The normalized spacial score (nSPS) is 12.9. The Labute approximate surface area is 125 Å². The maximum absolute atomic E-state index is 12.4. The molecule has 0 bridgehead atoms. The number of nitrogens with one attached hydrogen (secondary N) is 1. The molecule has 1 amide bonds. The predicted molar refractivity (Wildman–Crippen MR) is 75.1 cm³/mol. The number of rotatable bonds is 5. The van der Waals surface area contributed by atoms with Crippen molar-refractivity contribution < 1.29 is 18.0 Å². The monoisotopic (exact) mass is 311 g/mol. The molecule has 0 saturated heterocycles. The molecule has 0 saturated carbocycles. The van der Waals surface area contributed by atoms with E-state index in [9.17, 15) is 18.0 Å². The second-order valence-electron chi connectivity index (χ2n) is 4.90. The number of alkyl halides is 3. The molecule has 0 spiro atoms. The van der Waals surface area contributed by atoms with Crippen molar-refractivity contribution in [1.29, 1.82) is 0 Å². The Morgan fingerprint density at radius 3 is 2.55 bits per heavy atom. The van der Waals surface area contributed by atoms with E-state index in [0.29, 0.717) is 13.0 Å². The lowest BCUT2D eigenvalue weighted by Crippen LogP contribution is -2.32. The van der Waals surface area contributed by atoms with Gasteiger partial charge < -0.3 is 5.32 Å². The van der Waals surface area contributed by atoms with E-state index in [1.807, 2.05) is 0 Å². The summed E-state index contributed by atoms with van der Waals surface area (Å²) in [7, 11) is 0. The van der Waals surface area contributed by atoms with Gasteiger partial charge in [-0.25, -0.2) is 0 Å². The predicted octanol–water partition coefficient (Wildman–Crippen LogP) is 2.82. The van der Waals surface area contributed by atoms with E-state index in [2.05, 4.69) is 10.4 Å². The average molecular weight is 311 g/mol. The van der Waals surface area contributed by atoms with Gasteiger partial charge in [-0.15, -0.1) is 0 Å². The summed E-state index contributed by atoms with van der Waals surface area (Å²) in [5, 5.41) is 6.73. The molecule has 1 heterocycles. The highest BCUT2D eigenvalue weighted by molar-refractivity contribution is 5.79. The lowest BCUT2D eigenvalue weighted by atomic mass is 10.1. The third-order valence-corrected chi connectivity index (χ3v) is 3.30. The van der Waals surface area contributed by atoms with Crippen LogP contribution in [0.1, 0.15) is 24.1 Å². The largest absolute Gasteiger partial charge is 0.416 e. The zero-order valence-electron chi connectivity index (χ0n) is 12.0. The van der Waals surface area contributed by atoms with Crippen LogP contribution in [0.25, 0.3) is 0 Å². The van der Waals surface area contributed by atoms with Gasteiger partial charge in [0.05, 0.1) is 5.56 Å². The van der Waals surface area contributed by atoms with Gasteiger partial charge >= 0.3 is 6.18 Å². The Morgan fingerprint density at radius 1 is 1.32 bits per heavy atom. The average Bonchev–Trinajstić information content (AvgIpc) is 3.00. The summed E-state index contributed by atoms with van der Waals surface area (Å²) in [6, 6.07) is 6.24. The molecule has 0 fully saturated rings. The van der Waals surface area contributed by atoms with Gasteiger partial charge in [0.15, 0.2) is 0 Å². The number of amides is 1. The maximum Gasteiger partial charge on any atom is 0.416 e. The van der Waals surface area contributed by atoms with Crippen molar-refractivity contribution in [3.8, 4) is 0 Å². The molecule has 1 N–H and O–H groups in total. The van der Waals surface area contributed by atoms with Crippen LogP contribution in [0.5, 0.6) is 0 Å². The third kappa shape index (κ3) is 4.09. The first-order valence-electron chi connectivity index (χ1n) is 6.81. The Kier molecular flexibility index (Phi) is 4.85. The van der Waals surface area contributed by atoms with Crippen LogP contribution in [-0.4, -0.2) is 22.2 Å². The van der Waals surface area contributed by atoms with Crippen LogP contribution >= 0.6 is 0 Å². The summed E-state index contributed by atoms with van der Waals surface area (Å²) >= 11 is 0. The van der Waals surface area contributed by atoms with Crippen LogP contribution in [0.4, 0.5) is 13.2 Å². The zero-order chi connectivity index (χ0) is 16.2. The summed E-state index contributed by atoms with van der Waals surface area (Å²) < 4.78 is 38.8. The van der Waals surface area contributed by atoms with Gasteiger partial charge in [-0.1, -0.05) is 12.1 Å². The minimum absolute atomic E-state index is 0.185. The van der Waals surface area contributed by atoms with E-state index < -0.39 is 17.8 Å².